The van der Waals surface area contributed by atoms with Crippen LogP contribution in [0.25, 0.3) is 17.0 Å². The number of pyridine rings is 1. The molecular weight excluding hydrogens is 351 g/mol. The van der Waals surface area contributed by atoms with Crippen LogP contribution >= 0.6 is 0 Å². The Morgan fingerprint density at radius 2 is 2.11 bits per heavy atom. The molecule has 1 aliphatic rings. The number of morpholine rings is 1. The molecule has 0 aromatic carbocycles. The minimum atomic E-state index is -0.336. The average Bonchev–Trinajstić information content (AvgIpc) is 3.25. The predicted octanol–water partition coefficient (Wildman–Crippen LogP) is 0.936. The fourth-order valence-corrected chi connectivity index (χ4v) is 3.15. The van der Waals surface area contributed by atoms with E-state index in [9.17, 15) is 9.18 Å². The summed E-state index contributed by atoms with van der Waals surface area (Å²) in [6.07, 6.45) is 3.08. The van der Waals surface area contributed by atoms with Crippen molar-refractivity contribution >= 4 is 11.6 Å². The second-order valence-corrected chi connectivity index (χ2v) is 6.49. The van der Waals surface area contributed by atoms with Gasteiger partial charge in [-0.25, -0.2) is 9.37 Å². The van der Waals surface area contributed by atoms with E-state index in [4.69, 9.17) is 4.74 Å². The van der Waals surface area contributed by atoms with Gasteiger partial charge in [0.05, 0.1) is 18.9 Å². The van der Waals surface area contributed by atoms with Crippen LogP contribution in [0.4, 0.5) is 4.39 Å². The molecule has 0 spiro atoms. The lowest BCUT2D eigenvalue weighted by molar-refractivity contribution is 0.0383. The van der Waals surface area contributed by atoms with E-state index in [1.807, 2.05) is 0 Å². The van der Waals surface area contributed by atoms with E-state index in [1.165, 1.54) is 12.3 Å². The molecule has 27 heavy (non-hydrogen) atoms. The SMILES string of the molecule is Cn1nc(C(=O)NCCN2CCOCC2)cc1-c1cn2cc(F)ccc2n1. The van der Waals surface area contributed by atoms with Crippen molar-refractivity contribution in [3.63, 3.8) is 0 Å². The summed E-state index contributed by atoms with van der Waals surface area (Å²) in [6, 6.07) is 4.67. The second kappa shape index (κ2) is 7.45. The molecule has 0 bridgehead atoms. The second-order valence-electron chi connectivity index (χ2n) is 6.49. The van der Waals surface area contributed by atoms with Gasteiger partial charge in [0.15, 0.2) is 5.69 Å². The molecule has 142 valence electrons. The normalized spacial score (nSPS) is 15.3. The van der Waals surface area contributed by atoms with Gasteiger partial charge >= 0.3 is 0 Å². The van der Waals surface area contributed by atoms with Crippen LogP contribution in [-0.2, 0) is 11.8 Å². The quantitative estimate of drug-likeness (QED) is 0.721. The lowest BCUT2D eigenvalue weighted by Gasteiger charge is -2.26. The lowest BCUT2D eigenvalue weighted by atomic mass is 10.3. The highest BCUT2D eigenvalue weighted by Crippen LogP contribution is 2.20. The first-order chi connectivity index (χ1) is 13.1. The number of rotatable bonds is 5. The maximum Gasteiger partial charge on any atom is 0.271 e. The monoisotopic (exact) mass is 372 g/mol. The Morgan fingerprint density at radius 3 is 2.93 bits per heavy atom. The first kappa shape index (κ1) is 17.6. The van der Waals surface area contributed by atoms with Gasteiger partial charge in [0, 0.05) is 45.6 Å². The molecule has 4 heterocycles. The number of ether oxygens (including phenoxy) is 1. The molecule has 1 saturated heterocycles. The Bertz CT molecular complexity index is 960. The van der Waals surface area contributed by atoms with Crippen LogP contribution in [-0.4, -0.2) is 69.4 Å². The fraction of sp³-hybridized carbons (Fsp3) is 0.389. The molecule has 3 aromatic heterocycles. The Labute approximate surface area is 155 Å². The van der Waals surface area contributed by atoms with Crippen LogP contribution in [0.15, 0.2) is 30.6 Å². The van der Waals surface area contributed by atoms with Gasteiger partial charge in [-0.1, -0.05) is 0 Å². The lowest BCUT2D eigenvalue weighted by Crippen LogP contribution is -2.41. The molecule has 3 aromatic rings. The number of halogens is 1. The third kappa shape index (κ3) is 3.83. The zero-order chi connectivity index (χ0) is 18.8. The van der Waals surface area contributed by atoms with Gasteiger partial charge < -0.3 is 14.5 Å². The Morgan fingerprint density at radius 1 is 1.30 bits per heavy atom. The molecule has 4 rings (SSSR count). The summed E-state index contributed by atoms with van der Waals surface area (Å²) in [7, 11) is 1.75. The first-order valence-corrected chi connectivity index (χ1v) is 8.87. The van der Waals surface area contributed by atoms with Crippen LogP contribution in [0.3, 0.4) is 0 Å². The van der Waals surface area contributed by atoms with E-state index in [-0.39, 0.29) is 11.7 Å². The maximum absolute atomic E-state index is 13.4. The minimum absolute atomic E-state index is 0.222. The number of carbonyl (C=O) groups is 1. The van der Waals surface area contributed by atoms with Crippen molar-refractivity contribution in [2.75, 3.05) is 39.4 Å². The molecule has 0 radical (unpaired) electrons. The number of imidazole rings is 1. The van der Waals surface area contributed by atoms with Gasteiger partial charge in [-0.05, 0) is 18.2 Å². The highest BCUT2D eigenvalue weighted by atomic mass is 19.1. The number of nitrogens with one attached hydrogen (secondary N) is 1. The topological polar surface area (TPSA) is 76.7 Å². The van der Waals surface area contributed by atoms with Gasteiger partial charge in [-0.3, -0.25) is 14.4 Å². The average molecular weight is 372 g/mol. The van der Waals surface area contributed by atoms with Gasteiger partial charge in [-0.15, -0.1) is 0 Å². The summed E-state index contributed by atoms with van der Waals surface area (Å²) in [4.78, 5) is 19.1. The predicted molar refractivity (Wildman–Crippen MR) is 96.9 cm³/mol. The van der Waals surface area contributed by atoms with Gasteiger partial charge in [0.1, 0.15) is 17.2 Å². The third-order valence-electron chi connectivity index (χ3n) is 4.61. The van der Waals surface area contributed by atoms with Crippen LogP contribution in [0, 0.1) is 5.82 Å². The Hall–Kier alpha value is -2.78. The van der Waals surface area contributed by atoms with Crippen molar-refractivity contribution in [3.8, 4) is 11.4 Å². The van der Waals surface area contributed by atoms with E-state index in [0.717, 1.165) is 32.8 Å². The maximum atomic E-state index is 13.4. The van der Waals surface area contributed by atoms with Crippen LogP contribution in [0.1, 0.15) is 10.5 Å². The molecule has 1 fully saturated rings. The summed E-state index contributed by atoms with van der Waals surface area (Å²) in [5.74, 6) is -0.559. The molecule has 8 nitrogen and oxygen atoms in total. The van der Waals surface area contributed by atoms with Crippen molar-refractivity contribution in [2.24, 2.45) is 7.05 Å². The molecule has 0 atom stereocenters. The number of amides is 1. The molecule has 9 heteroatoms. The van der Waals surface area contributed by atoms with Gasteiger partial charge in [0.25, 0.3) is 5.91 Å². The van der Waals surface area contributed by atoms with E-state index in [0.29, 0.717) is 29.3 Å². The molecule has 0 unspecified atom stereocenters. The largest absolute Gasteiger partial charge is 0.379 e. The summed E-state index contributed by atoms with van der Waals surface area (Å²) in [5.41, 5.74) is 2.28. The number of aryl methyl sites for hydroxylation is 1. The highest BCUT2D eigenvalue weighted by molar-refractivity contribution is 5.93. The van der Waals surface area contributed by atoms with E-state index >= 15 is 0 Å². The zero-order valence-electron chi connectivity index (χ0n) is 15.1. The van der Waals surface area contributed by atoms with Crippen molar-refractivity contribution < 1.29 is 13.9 Å². The first-order valence-electron chi connectivity index (χ1n) is 8.87. The highest BCUT2D eigenvalue weighted by Gasteiger charge is 2.17. The number of aromatic nitrogens is 4. The zero-order valence-corrected chi connectivity index (χ0v) is 15.1. The molecule has 1 N–H and O–H groups in total. The van der Waals surface area contributed by atoms with Crippen LogP contribution in [0.5, 0.6) is 0 Å². The molecule has 1 aliphatic heterocycles. The van der Waals surface area contributed by atoms with Crippen LogP contribution < -0.4 is 5.32 Å². The van der Waals surface area contributed by atoms with Crippen LogP contribution in [0.2, 0.25) is 0 Å². The molecular formula is C18H21FN6O2. The Kier molecular flexibility index (Phi) is 4.87. The summed E-state index contributed by atoms with van der Waals surface area (Å²) < 4.78 is 21.9. The van der Waals surface area contributed by atoms with E-state index in [1.54, 1.807) is 34.5 Å². The fourth-order valence-electron chi connectivity index (χ4n) is 3.15. The molecule has 0 saturated carbocycles. The number of fused-ring (bicyclic) bond motifs is 1. The smallest absolute Gasteiger partial charge is 0.271 e. The van der Waals surface area contributed by atoms with Crippen molar-refractivity contribution in [3.05, 3.63) is 42.1 Å². The minimum Gasteiger partial charge on any atom is -0.379 e. The van der Waals surface area contributed by atoms with Crippen molar-refractivity contribution in [1.82, 2.24) is 29.4 Å². The van der Waals surface area contributed by atoms with E-state index < -0.39 is 0 Å². The summed E-state index contributed by atoms with van der Waals surface area (Å²) in [6.45, 7) is 4.59. The number of carbonyl (C=O) groups excluding carboxylic acids is 1. The Balaban J connectivity index is 1.44. The standard InChI is InChI=1S/C18H21FN6O2/c1-23-16(15-12-25-11-13(19)2-3-17(25)21-15)10-14(22-23)18(26)20-4-5-24-6-8-27-9-7-24/h2-3,10-12H,4-9H2,1H3,(H,20,26). The summed E-state index contributed by atoms with van der Waals surface area (Å²) >= 11 is 0. The number of hydrogen-bond acceptors (Lipinski definition) is 5. The van der Waals surface area contributed by atoms with Gasteiger partial charge in [0.2, 0.25) is 0 Å². The van der Waals surface area contributed by atoms with Crippen molar-refractivity contribution in [2.45, 2.75) is 0 Å². The van der Waals surface area contributed by atoms with Crippen molar-refractivity contribution in [1.29, 1.82) is 0 Å². The van der Waals surface area contributed by atoms with Gasteiger partial charge in [-0.2, -0.15) is 5.10 Å². The molecule has 0 aliphatic carbocycles. The number of hydrogen-bond donors (Lipinski definition) is 1. The third-order valence-corrected chi connectivity index (χ3v) is 4.61. The van der Waals surface area contributed by atoms with E-state index in [2.05, 4.69) is 20.3 Å². The summed E-state index contributed by atoms with van der Waals surface area (Å²) in [5, 5.41) is 7.19. The molecule has 1 amide bonds. The number of nitrogens with zero attached hydrogens (tertiary/aromatic N) is 5.